The van der Waals surface area contributed by atoms with Crippen molar-refractivity contribution < 1.29 is 9.53 Å². The molecule has 2 unspecified atom stereocenters. The molecular formula is C14H26N2O2. The summed E-state index contributed by atoms with van der Waals surface area (Å²) in [6, 6.07) is 0.0356. The summed E-state index contributed by atoms with van der Waals surface area (Å²) in [5.41, 5.74) is 0. The molecule has 0 spiro atoms. The van der Waals surface area contributed by atoms with Crippen LogP contribution in [0, 0.1) is 0 Å². The Balaban J connectivity index is 1.90. The zero-order valence-electron chi connectivity index (χ0n) is 11.7. The molecule has 0 aliphatic carbocycles. The minimum absolute atomic E-state index is 0.0356. The Kier molecular flexibility index (Phi) is 5.01. The number of amides is 1. The summed E-state index contributed by atoms with van der Waals surface area (Å²) in [5.74, 6) is 0.284. The van der Waals surface area contributed by atoms with Gasteiger partial charge < -0.3 is 9.64 Å². The largest absolute Gasteiger partial charge is 0.375 e. The quantitative estimate of drug-likeness (QED) is 0.748. The van der Waals surface area contributed by atoms with Crippen LogP contribution in [0.25, 0.3) is 0 Å². The molecule has 18 heavy (non-hydrogen) atoms. The number of carbonyl (C=O) groups is 1. The lowest BCUT2D eigenvalue weighted by Gasteiger charge is -2.36. The molecule has 104 valence electrons. The van der Waals surface area contributed by atoms with Gasteiger partial charge in [-0.25, -0.2) is 0 Å². The molecule has 0 aromatic rings. The van der Waals surface area contributed by atoms with Crippen molar-refractivity contribution in [2.75, 3.05) is 32.8 Å². The highest BCUT2D eigenvalue weighted by molar-refractivity contribution is 5.81. The number of morpholine rings is 1. The van der Waals surface area contributed by atoms with E-state index < -0.39 is 0 Å². The fourth-order valence-corrected chi connectivity index (χ4v) is 2.92. The van der Waals surface area contributed by atoms with E-state index in [4.69, 9.17) is 4.74 Å². The SMILES string of the molecule is CC1CN(C(=O)C(C)N2CCCCCC2)CCO1. The highest BCUT2D eigenvalue weighted by atomic mass is 16.5. The second kappa shape index (κ2) is 6.53. The third-order valence-corrected chi connectivity index (χ3v) is 4.10. The van der Waals surface area contributed by atoms with E-state index >= 15 is 0 Å². The Hall–Kier alpha value is -0.610. The molecular weight excluding hydrogens is 228 g/mol. The molecule has 2 aliphatic heterocycles. The molecule has 4 heteroatoms. The first kappa shape index (κ1) is 13.8. The van der Waals surface area contributed by atoms with Gasteiger partial charge in [-0.2, -0.15) is 0 Å². The van der Waals surface area contributed by atoms with E-state index in [1.807, 2.05) is 11.8 Å². The Bertz CT molecular complexity index is 275. The molecule has 2 atom stereocenters. The van der Waals surface area contributed by atoms with Crippen LogP contribution in [0.15, 0.2) is 0 Å². The molecule has 0 aromatic carbocycles. The van der Waals surface area contributed by atoms with Crippen LogP contribution >= 0.6 is 0 Å². The van der Waals surface area contributed by atoms with E-state index in [1.54, 1.807) is 0 Å². The Labute approximate surface area is 110 Å². The van der Waals surface area contributed by atoms with Gasteiger partial charge in [-0.05, 0) is 39.8 Å². The number of hydrogen-bond donors (Lipinski definition) is 0. The van der Waals surface area contributed by atoms with Crippen molar-refractivity contribution in [3.63, 3.8) is 0 Å². The number of likely N-dealkylation sites (tertiary alicyclic amines) is 1. The first-order valence-corrected chi connectivity index (χ1v) is 7.33. The van der Waals surface area contributed by atoms with Crippen LogP contribution in [0.4, 0.5) is 0 Å². The first-order chi connectivity index (χ1) is 8.68. The van der Waals surface area contributed by atoms with Crippen molar-refractivity contribution in [2.45, 2.75) is 51.7 Å². The smallest absolute Gasteiger partial charge is 0.239 e. The van der Waals surface area contributed by atoms with Crippen molar-refractivity contribution >= 4 is 5.91 Å². The topological polar surface area (TPSA) is 32.8 Å². The molecule has 0 bridgehead atoms. The van der Waals surface area contributed by atoms with E-state index in [-0.39, 0.29) is 18.1 Å². The fraction of sp³-hybridized carbons (Fsp3) is 0.929. The Morgan fingerprint density at radius 3 is 2.44 bits per heavy atom. The average Bonchev–Trinajstić information content (AvgIpc) is 2.66. The van der Waals surface area contributed by atoms with Gasteiger partial charge in [0.05, 0.1) is 18.8 Å². The maximum Gasteiger partial charge on any atom is 0.239 e. The van der Waals surface area contributed by atoms with Crippen LogP contribution in [0.2, 0.25) is 0 Å². The van der Waals surface area contributed by atoms with Crippen LogP contribution in [0.5, 0.6) is 0 Å². The minimum Gasteiger partial charge on any atom is -0.375 e. The normalized spacial score (nSPS) is 28.8. The van der Waals surface area contributed by atoms with E-state index in [2.05, 4.69) is 11.8 Å². The van der Waals surface area contributed by atoms with Crippen LogP contribution in [-0.4, -0.2) is 60.6 Å². The first-order valence-electron chi connectivity index (χ1n) is 7.33. The zero-order chi connectivity index (χ0) is 13.0. The summed E-state index contributed by atoms with van der Waals surface area (Å²) in [6.45, 7) is 8.43. The summed E-state index contributed by atoms with van der Waals surface area (Å²) >= 11 is 0. The molecule has 0 aromatic heterocycles. The number of hydrogen-bond acceptors (Lipinski definition) is 3. The number of nitrogens with zero attached hydrogens (tertiary/aromatic N) is 2. The second-order valence-electron chi connectivity index (χ2n) is 5.59. The molecule has 0 N–H and O–H groups in total. The van der Waals surface area contributed by atoms with Crippen LogP contribution < -0.4 is 0 Å². The van der Waals surface area contributed by atoms with Crippen molar-refractivity contribution in [3.05, 3.63) is 0 Å². The van der Waals surface area contributed by atoms with Gasteiger partial charge in [-0.3, -0.25) is 9.69 Å². The van der Waals surface area contributed by atoms with Crippen molar-refractivity contribution in [3.8, 4) is 0 Å². The van der Waals surface area contributed by atoms with Gasteiger partial charge in [0.25, 0.3) is 0 Å². The minimum atomic E-state index is 0.0356. The standard InChI is InChI=1S/C14H26N2O2/c1-12-11-16(9-10-18-12)14(17)13(2)15-7-5-3-4-6-8-15/h12-13H,3-11H2,1-2H3. The monoisotopic (exact) mass is 254 g/mol. The van der Waals surface area contributed by atoms with Crippen LogP contribution in [0.3, 0.4) is 0 Å². The van der Waals surface area contributed by atoms with Crippen molar-refractivity contribution in [1.29, 1.82) is 0 Å². The maximum atomic E-state index is 12.5. The third-order valence-electron chi connectivity index (χ3n) is 4.10. The maximum absolute atomic E-state index is 12.5. The number of rotatable bonds is 2. The molecule has 1 amide bonds. The second-order valence-corrected chi connectivity index (χ2v) is 5.59. The lowest BCUT2D eigenvalue weighted by molar-refractivity contribution is -0.143. The van der Waals surface area contributed by atoms with Gasteiger partial charge in [-0.15, -0.1) is 0 Å². The molecule has 2 rings (SSSR count). The van der Waals surface area contributed by atoms with Gasteiger partial charge in [0, 0.05) is 13.1 Å². The van der Waals surface area contributed by atoms with Gasteiger partial charge in [0.2, 0.25) is 5.91 Å². The molecule has 4 nitrogen and oxygen atoms in total. The molecule has 0 radical (unpaired) electrons. The predicted molar refractivity (Wildman–Crippen MR) is 71.5 cm³/mol. The third kappa shape index (κ3) is 3.45. The van der Waals surface area contributed by atoms with Gasteiger partial charge >= 0.3 is 0 Å². The highest BCUT2D eigenvalue weighted by Crippen LogP contribution is 2.15. The van der Waals surface area contributed by atoms with E-state index in [0.717, 1.165) is 26.2 Å². The summed E-state index contributed by atoms with van der Waals surface area (Å²) in [6.07, 6.45) is 5.27. The molecule has 2 saturated heterocycles. The lowest BCUT2D eigenvalue weighted by atomic mass is 10.2. The van der Waals surface area contributed by atoms with E-state index in [1.165, 1.54) is 25.7 Å². The Morgan fingerprint density at radius 1 is 1.17 bits per heavy atom. The van der Waals surface area contributed by atoms with Crippen molar-refractivity contribution in [2.24, 2.45) is 0 Å². The Morgan fingerprint density at radius 2 is 1.83 bits per heavy atom. The van der Waals surface area contributed by atoms with Crippen molar-refractivity contribution in [1.82, 2.24) is 9.80 Å². The fourth-order valence-electron chi connectivity index (χ4n) is 2.92. The zero-order valence-corrected chi connectivity index (χ0v) is 11.7. The highest BCUT2D eigenvalue weighted by Gasteiger charge is 2.29. The van der Waals surface area contributed by atoms with Crippen LogP contribution in [0.1, 0.15) is 39.5 Å². The predicted octanol–water partition coefficient (Wildman–Crippen LogP) is 1.50. The van der Waals surface area contributed by atoms with Crippen LogP contribution in [-0.2, 0) is 9.53 Å². The molecule has 0 saturated carbocycles. The van der Waals surface area contributed by atoms with E-state index in [9.17, 15) is 4.79 Å². The molecule has 2 fully saturated rings. The summed E-state index contributed by atoms with van der Waals surface area (Å²) in [5, 5.41) is 0. The van der Waals surface area contributed by atoms with Gasteiger partial charge in [-0.1, -0.05) is 12.8 Å². The summed E-state index contributed by atoms with van der Waals surface area (Å²) in [4.78, 5) is 16.8. The average molecular weight is 254 g/mol. The molecule has 2 heterocycles. The van der Waals surface area contributed by atoms with Gasteiger partial charge in [0.1, 0.15) is 0 Å². The molecule has 2 aliphatic rings. The number of carbonyl (C=O) groups excluding carboxylic acids is 1. The summed E-state index contributed by atoms with van der Waals surface area (Å²) in [7, 11) is 0. The van der Waals surface area contributed by atoms with E-state index in [0.29, 0.717) is 6.61 Å². The van der Waals surface area contributed by atoms with Gasteiger partial charge in [0.15, 0.2) is 0 Å². The lowest BCUT2D eigenvalue weighted by Crippen LogP contribution is -2.52. The summed E-state index contributed by atoms with van der Waals surface area (Å²) < 4.78 is 5.50. The number of ether oxygens (including phenoxy) is 1.